The van der Waals surface area contributed by atoms with Gasteiger partial charge in [-0.05, 0) is 86.4 Å². The van der Waals surface area contributed by atoms with Gasteiger partial charge in [-0.25, -0.2) is 0 Å². The third-order valence-electron chi connectivity index (χ3n) is 5.50. The van der Waals surface area contributed by atoms with Gasteiger partial charge in [0.25, 0.3) is 0 Å². The van der Waals surface area contributed by atoms with E-state index in [-0.39, 0.29) is 0 Å². The van der Waals surface area contributed by atoms with Gasteiger partial charge >= 0.3 is 0 Å². The number of hydrogen-bond donors (Lipinski definition) is 2. The minimum absolute atomic E-state index is 0.323. The fourth-order valence-electron chi connectivity index (χ4n) is 3.91. The van der Waals surface area contributed by atoms with E-state index in [1.165, 1.54) is 24.0 Å². The first-order valence-corrected chi connectivity index (χ1v) is 9.82. The zero-order chi connectivity index (χ0) is 18.4. The molecule has 0 aromatic heterocycles. The van der Waals surface area contributed by atoms with E-state index in [0.717, 1.165) is 31.7 Å². The average Bonchev–Trinajstić information content (AvgIpc) is 2.63. The van der Waals surface area contributed by atoms with Crippen LogP contribution in [-0.4, -0.2) is 17.8 Å². The molecule has 140 valence electrons. The molecule has 3 nitrogen and oxygen atoms in total. The summed E-state index contributed by atoms with van der Waals surface area (Å²) in [5, 5.41) is 12.9. The molecule has 1 unspecified atom stereocenters. The third-order valence-corrected chi connectivity index (χ3v) is 5.50. The molecule has 3 atom stereocenters. The molecule has 0 aliphatic heterocycles. The zero-order valence-corrected chi connectivity index (χ0v) is 15.9. The Balaban J connectivity index is 1.45. The van der Waals surface area contributed by atoms with Crippen LogP contribution in [0.25, 0.3) is 0 Å². The van der Waals surface area contributed by atoms with Crippen molar-refractivity contribution in [3.63, 3.8) is 0 Å². The molecule has 2 aromatic carbocycles. The molecule has 2 aromatic rings. The largest absolute Gasteiger partial charge is 0.508 e. The first kappa shape index (κ1) is 18.8. The predicted molar refractivity (Wildman–Crippen MR) is 107 cm³/mol. The molecule has 0 amide bonds. The number of aromatic hydroxyl groups is 1. The molecule has 3 rings (SSSR count). The molecule has 0 radical (unpaired) electrons. The van der Waals surface area contributed by atoms with Gasteiger partial charge in [0.15, 0.2) is 0 Å². The highest BCUT2D eigenvalue weighted by atomic mass is 16.5. The van der Waals surface area contributed by atoms with Crippen molar-refractivity contribution < 1.29 is 9.84 Å². The van der Waals surface area contributed by atoms with Gasteiger partial charge in [0, 0.05) is 6.54 Å². The number of phenolic OH excluding ortho intramolecular Hbond substituents is 1. The van der Waals surface area contributed by atoms with Gasteiger partial charge in [0.1, 0.15) is 11.5 Å². The van der Waals surface area contributed by atoms with Crippen LogP contribution in [0.1, 0.15) is 43.7 Å². The summed E-state index contributed by atoms with van der Waals surface area (Å²) in [6.45, 7) is 6.32. The fourth-order valence-corrected chi connectivity index (χ4v) is 3.91. The van der Waals surface area contributed by atoms with E-state index in [2.05, 4.69) is 43.4 Å². The van der Waals surface area contributed by atoms with E-state index in [0.29, 0.717) is 23.7 Å². The Hall–Kier alpha value is -2.00. The van der Waals surface area contributed by atoms with Gasteiger partial charge in [0.2, 0.25) is 0 Å². The summed E-state index contributed by atoms with van der Waals surface area (Å²) >= 11 is 0. The summed E-state index contributed by atoms with van der Waals surface area (Å²) in [7, 11) is 0. The van der Waals surface area contributed by atoms with Gasteiger partial charge in [-0.2, -0.15) is 0 Å². The van der Waals surface area contributed by atoms with Gasteiger partial charge in [0.05, 0.1) is 6.10 Å². The third kappa shape index (κ3) is 5.50. The summed E-state index contributed by atoms with van der Waals surface area (Å²) in [6.07, 6.45) is 5.21. The molecule has 0 bridgehead atoms. The number of ether oxygens (including phenoxy) is 1. The van der Waals surface area contributed by atoms with Gasteiger partial charge < -0.3 is 15.2 Å². The van der Waals surface area contributed by atoms with Crippen molar-refractivity contribution in [3.8, 4) is 11.5 Å². The summed E-state index contributed by atoms with van der Waals surface area (Å²) in [5.41, 5.74) is 2.46. The quantitative estimate of drug-likeness (QED) is 0.731. The Morgan fingerprint density at radius 1 is 1.15 bits per heavy atom. The van der Waals surface area contributed by atoms with Gasteiger partial charge in [-0.1, -0.05) is 31.2 Å². The van der Waals surface area contributed by atoms with E-state index < -0.39 is 0 Å². The molecule has 2 N–H and O–H groups in total. The second kappa shape index (κ2) is 9.09. The van der Waals surface area contributed by atoms with E-state index in [1.807, 2.05) is 12.1 Å². The molecule has 0 heterocycles. The van der Waals surface area contributed by atoms with Crippen molar-refractivity contribution >= 4 is 0 Å². The van der Waals surface area contributed by atoms with Crippen LogP contribution >= 0.6 is 0 Å². The number of nitrogens with one attached hydrogen (secondary N) is 1. The van der Waals surface area contributed by atoms with Crippen molar-refractivity contribution in [3.05, 3.63) is 59.7 Å². The Bertz CT molecular complexity index is 683. The molecule has 1 aliphatic rings. The smallest absolute Gasteiger partial charge is 0.119 e. The number of aryl methyl sites for hydroxylation is 1. The van der Waals surface area contributed by atoms with Crippen molar-refractivity contribution in [2.75, 3.05) is 6.54 Å². The van der Waals surface area contributed by atoms with Crippen LogP contribution in [0.2, 0.25) is 0 Å². The Labute approximate surface area is 157 Å². The van der Waals surface area contributed by atoms with Gasteiger partial charge in [-0.3, -0.25) is 0 Å². The normalized spacial score (nSPS) is 21.3. The van der Waals surface area contributed by atoms with Crippen LogP contribution in [0.5, 0.6) is 11.5 Å². The zero-order valence-electron chi connectivity index (χ0n) is 15.9. The van der Waals surface area contributed by atoms with Gasteiger partial charge in [-0.15, -0.1) is 0 Å². The highest BCUT2D eigenvalue weighted by molar-refractivity contribution is 5.27. The molecule has 3 heteroatoms. The summed E-state index contributed by atoms with van der Waals surface area (Å²) in [5.74, 6) is 2.68. The summed E-state index contributed by atoms with van der Waals surface area (Å²) < 4.78 is 6.26. The first-order chi connectivity index (χ1) is 12.6. The standard InChI is InChI=1S/C23H31NO2/c1-17-5-3-7-22(13-17)26-23-8-4-6-20(14-23)18(2)15-24-16-19-9-11-21(25)12-10-19/h3,5,7,9-13,18,20,23-25H,4,6,8,14-16H2,1-2H3/t18?,20-,23+/m0/s1. The van der Waals surface area contributed by atoms with Crippen LogP contribution in [0.15, 0.2) is 48.5 Å². The molecule has 26 heavy (non-hydrogen) atoms. The molecular formula is C23H31NO2. The SMILES string of the molecule is Cc1cccc(O[C@@H]2CCC[C@H](C(C)CNCc3ccc(O)cc3)C2)c1. The lowest BCUT2D eigenvalue weighted by Gasteiger charge is -2.33. The van der Waals surface area contributed by atoms with Crippen LogP contribution in [0, 0.1) is 18.8 Å². The number of phenols is 1. The number of benzene rings is 2. The average molecular weight is 354 g/mol. The Morgan fingerprint density at radius 2 is 1.96 bits per heavy atom. The predicted octanol–water partition coefficient (Wildman–Crippen LogP) is 5.06. The van der Waals surface area contributed by atoms with Crippen molar-refractivity contribution in [1.82, 2.24) is 5.32 Å². The molecule has 0 saturated heterocycles. The maximum absolute atomic E-state index is 9.35. The van der Waals surface area contributed by atoms with E-state index in [4.69, 9.17) is 4.74 Å². The van der Waals surface area contributed by atoms with Crippen molar-refractivity contribution in [2.45, 2.75) is 52.2 Å². The molecule has 1 aliphatic carbocycles. The van der Waals surface area contributed by atoms with Crippen LogP contribution in [0.4, 0.5) is 0 Å². The maximum atomic E-state index is 9.35. The Kier molecular flexibility index (Phi) is 6.56. The lowest BCUT2D eigenvalue weighted by Crippen LogP contribution is -2.33. The minimum Gasteiger partial charge on any atom is -0.508 e. The minimum atomic E-state index is 0.323. The summed E-state index contributed by atoms with van der Waals surface area (Å²) in [4.78, 5) is 0. The molecule has 0 spiro atoms. The van der Waals surface area contributed by atoms with E-state index in [1.54, 1.807) is 12.1 Å². The first-order valence-electron chi connectivity index (χ1n) is 9.82. The van der Waals surface area contributed by atoms with Crippen LogP contribution in [0.3, 0.4) is 0 Å². The van der Waals surface area contributed by atoms with Crippen molar-refractivity contribution in [2.24, 2.45) is 11.8 Å². The lowest BCUT2D eigenvalue weighted by molar-refractivity contribution is 0.102. The highest BCUT2D eigenvalue weighted by Gasteiger charge is 2.27. The fraction of sp³-hybridized carbons (Fsp3) is 0.478. The Morgan fingerprint density at radius 3 is 2.73 bits per heavy atom. The highest BCUT2D eigenvalue weighted by Crippen LogP contribution is 2.32. The lowest BCUT2D eigenvalue weighted by atomic mass is 9.79. The van der Waals surface area contributed by atoms with Crippen LogP contribution in [-0.2, 0) is 6.54 Å². The van der Waals surface area contributed by atoms with Crippen LogP contribution < -0.4 is 10.1 Å². The number of rotatable bonds is 7. The second-order valence-electron chi connectivity index (χ2n) is 7.76. The maximum Gasteiger partial charge on any atom is 0.119 e. The van der Waals surface area contributed by atoms with Crippen molar-refractivity contribution in [1.29, 1.82) is 0 Å². The molecular weight excluding hydrogens is 322 g/mol. The molecule has 1 fully saturated rings. The number of hydrogen-bond acceptors (Lipinski definition) is 3. The van der Waals surface area contributed by atoms with E-state index >= 15 is 0 Å². The summed E-state index contributed by atoms with van der Waals surface area (Å²) in [6, 6.07) is 15.8. The van der Waals surface area contributed by atoms with E-state index in [9.17, 15) is 5.11 Å². The second-order valence-corrected chi connectivity index (χ2v) is 7.76. The monoisotopic (exact) mass is 353 g/mol. The topological polar surface area (TPSA) is 41.5 Å². The molecule has 1 saturated carbocycles.